The molecule has 1 fully saturated rings. The molecule has 1 aromatic heterocycles. The maximum atomic E-state index is 11.3. The number of aldehydes is 1. The highest BCUT2D eigenvalue weighted by molar-refractivity contribution is 7.17. The molecule has 0 aromatic carbocycles. The van der Waals surface area contributed by atoms with Crippen molar-refractivity contribution in [2.24, 2.45) is 5.92 Å². The van der Waals surface area contributed by atoms with Gasteiger partial charge in [-0.05, 0) is 18.8 Å². The number of carbonyl (C=O) groups excluding carboxylic acids is 1. The van der Waals surface area contributed by atoms with Gasteiger partial charge in [-0.25, -0.2) is 4.98 Å². The van der Waals surface area contributed by atoms with Crippen LogP contribution >= 0.6 is 11.3 Å². The average Bonchev–Trinajstić information content (AvgIpc) is 2.82. The van der Waals surface area contributed by atoms with Crippen LogP contribution in [0.25, 0.3) is 0 Å². The van der Waals surface area contributed by atoms with Crippen LogP contribution in [0.5, 0.6) is 0 Å². The third-order valence-corrected chi connectivity index (χ3v) is 5.40. The van der Waals surface area contributed by atoms with Crippen molar-refractivity contribution < 1.29 is 4.79 Å². The largest absolute Gasteiger partial charge is 0.348 e. The molecule has 1 aliphatic carbocycles. The Kier molecular flexibility index (Phi) is 4.52. The van der Waals surface area contributed by atoms with Gasteiger partial charge >= 0.3 is 0 Å². The smallest absolute Gasteiger partial charge is 0.186 e. The number of nitrogens with zero attached hydrogens (tertiary/aromatic N) is 2. The molecule has 0 spiro atoms. The Bertz CT molecular complexity index is 475. The summed E-state index contributed by atoms with van der Waals surface area (Å²) in [6.45, 7) is 8.67. The molecular weight excluding hydrogens is 268 g/mol. The first-order valence-corrected chi connectivity index (χ1v) is 8.35. The zero-order valence-corrected chi connectivity index (χ0v) is 14.1. The molecule has 0 N–H and O–H groups in total. The molecular formula is C16H26N2OS. The first-order chi connectivity index (χ1) is 9.34. The summed E-state index contributed by atoms with van der Waals surface area (Å²) in [6.07, 6.45) is 6.14. The number of hydrogen-bond donors (Lipinski definition) is 0. The number of hydrogen-bond acceptors (Lipinski definition) is 4. The van der Waals surface area contributed by atoms with Crippen LogP contribution in [0.1, 0.15) is 68.7 Å². The van der Waals surface area contributed by atoms with Crippen molar-refractivity contribution in [1.82, 2.24) is 4.98 Å². The fourth-order valence-electron chi connectivity index (χ4n) is 3.10. The number of thiazole rings is 1. The first kappa shape index (κ1) is 15.5. The summed E-state index contributed by atoms with van der Waals surface area (Å²) in [7, 11) is 2.13. The third-order valence-electron chi connectivity index (χ3n) is 4.32. The van der Waals surface area contributed by atoms with Crippen molar-refractivity contribution >= 4 is 22.8 Å². The van der Waals surface area contributed by atoms with Gasteiger partial charge in [0.25, 0.3) is 0 Å². The summed E-state index contributed by atoms with van der Waals surface area (Å²) in [4.78, 5) is 19.2. The van der Waals surface area contributed by atoms with E-state index >= 15 is 0 Å². The molecule has 2 unspecified atom stereocenters. The Morgan fingerprint density at radius 1 is 1.30 bits per heavy atom. The van der Waals surface area contributed by atoms with Gasteiger partial charge in [0.1, 0.15) is 0 Å². The zero-order valence-electron chi connectivity index (χ0n) is 13.3. The van der Waals surface area contributed by atoms with Gasteiger partial charge in [-0.1, -0.05) is 51.9 Å². The molecule has 1 heterocycles. The Labute approximate surface area is 126 Å². The fourth-order valence-corrected chi connectivity index (χ4v) is 4.21. The van der Waals surface area contributed by atoms with Gasteiger partial charge in [0.05, 0.1) is 10.6 Å². The first-order valence-electron chi connectivity index (χ1n) is 7.54. The highest BCUT2D eigenvalue weighted by Gasteiger charge is 2.29. The molecule has 112 valence electrons. The average molecular weight is 294 g/mol. The zero-order chi connectivity index (χ0) is 14.9. The molecule has 2 rings (SSSR count). The van der Waals surface area contributed by atoms with E-state index < -0.39 is 0 Å². The molecule has 2 atom stereocenters. The monoisotopic (exact) mass is 294 g/mol. The van der Waals surface area contributed by atoms with E-state index in [1.807, 2.05) is 0 Å². The summed E-state index contributed by atoms with van der Waals surface area (Å²) < 4.78 is 0. The van der Waals surface area contributed by atoms with Crippen LogP contribution in [0, 0.1) is 5.92 Å². The molecule has 4 heteroatoms. The minimum Gasteiger partial charge on any atom is -0.348 e. The van der Waals surface area contributed by atoms with Crippen LogP contribution in [0.15, 0.2) is 0 Å². The lowest BCUT2D eigenvalue weighted by Crippen LogP contribution is -2.39. The molecule has 0 saturated heterocycles. The Balaban J connectivity index is 2.28. The summed E-state index contributed by atoms with van der Waals surface area (Å²) in [5, 5.41) is 0.996. The van der Waals surface area contributed by atoms with Crippen LogP contribution in [-0.4, -0.2) is 24.4 Å². The van der Waals surface area contributed by atoms with E-state index in [4.69, 9.17) is 4.98 Å². The second-order valence-electron chi connectivity index (χ2n) is 7.02. The lowest BCUT2D eigenvalue weighted by Gasteiger charge is -2.36. The van der Waals surface area contributed by atoms with Gasteiger partial charge in [0, 0.05) is 18.5 Å². The van der Waals surface area contributed by atoms with E-state index in [-0.39, 0.29) is 5.41 Å². The lowest BCUT2D eigenvalue weighted by atomic mass is 9.85. The highest BCUT2D eigenvalue weighted by Crippen LogP contribution is 2.36. The standard InChI is InChI=1S/C16H26N2OS/c1-11-8-6-7-9-12(11)18(5)15-17-14(16(2,3)4)13(10-19)20-15/h10-12H,6-9H2,1-5H3. The minimum absolute atomic E-state index is 0.0794. The van der Waals surface area contributed by atoms with Gasteiger partial charge < -0.3 is 4.90 Å². The van der Waals surface area contributed by atoms with E-state index in [2.05, 4.69) is 39.6 Å². The molecule has 0 bridgehead atoms. The van der Waals surface area contributed by atoms with E-state index in [0.29, 0.717) is 12.0 Å². The van der Waals surface area contributed by atoms with Gasteiger partial charge in [0.2, 0.25) is 0 Å². The maximum absolute atomic E-state index is 11.3. The molecule has 0 aliphatic heterocycles. The second-order valence-corrected chi connectivity index (χ2v) is 8.03. The summed E-state index contributed by atoms with van der Waals surface area (Å²) in [5.74, 6) is 0.704. The van der Waals surface area contributed by atoms with Gasteiger partial charge in [-0.2, -0.15) is 0 Å². The number of anilines is 1. The summed E-state index contributed by atoms with van der Waals surface area (Å²) in [5.41, 5.74) is 0.854. The molecule has 0 amide bonds. The van der Waals surface area contributed by atoms with E-state index in [0.717, 1.165) is 22.0 Å². The van der Waals surface area contributed by atoms with Crippen molar-refractivity contribution in [1.29, 1.82) is 0 Å². The van der Waals surface area contributed by atoms with Crippen molar-refractivity contribution in [2.75, 3.05) is 11.9 Å². The SMILES string of the molecule is CC1CCCCC1N(C)c1nc(C(C)(C)C)c(C=O)s1. The Morgan fingerprint density at radius 2 is 1.95 bits per heavy atom. The number of aromatic nitrogens is 1. The summed E-state index contributed by atoms with van der Waals surface area (Å²) in [6, 6.07) is 0.558. The predicted molar refractivity (Wildman–Crippen MR) is 86.0 cm³/mol. The maximum Gasteiger partial charge on any atom is 0.186 e. The topological polar surface area (TPSA) is 33.2 Å². The third kappa shape index (κ3) is 3.05. The van der Waals surface area contributed by atoms with E-state index in [1.165, 1.54) is 37.0 Å². The van der Waals surface area contributed by atoms with Gasteiger partial charge in [-0.3, -0.25) is 4.79 Å². The summed E-state index contributed by atoms with van der Waals surface area (Å²) >= 11 is 1.54. The van der Waals surface area contributed by atoms with Crippen molar-refractivity contribution in [3.63, 3.8) is 0 Å². The second kappa shape index (κ2) is 5.84. The molecule has 1 saturated carbocycles. The number of carbonyl (C=O) groups is 1. The highest BCUT2D eigenvalue weighted by atomic mass is 32.1. The van der Waals surface area contributed by atoms with Crippen LogP contribution in [-0.2, 0) is 5.41 Å². The molecule has 1 aliphatic rings. The van der Waals surface area contributed by atoms with Crippen LogP contribution < -0.4 is 4.90 Å². The van der Waals surface area contributed by atoms with Crippen molar-refractivity contribution in [2.45, 2.75) is 64.8 Å². The lowest BCUT2D eigenvalue weighted by molar-refractivity contribution is 0.112. The fraction of sp³-hybridized carbons (Fsp3) is 0.750. The van der Waals surface area contributed by atoms with Crippen molar-refractivity contribution in [3.8, 4) is 0 Å². The van der Waals surface area contributed by atoms with Gasteiger partial charge in [0.15, 0.2) is 11.4 Å². The van der Waals surface area contributed by atoms with Crippen LogP contribution in [0.2, 0.25) is 0 Å². The van der Waals surface area contributed by atoms with Gasteiger partial charge in [-0.15, -0.1) is 0 Å². The van der Waals surface area contributed by atoms with Crippen molar-refractivity contribution in [3.05, 3.63) is 10.6 Å². The molecule has 1 aromatic rings. The van der Waals surface area contributed by atoms with E-state index in [1.54, 1.807) is 0 Å². The molecule has 3 nitrogen and oxygen atoms in total. The van der Waals surface area contributed by atoms with E-state index in [9.17, 15) is 4.79 Å². The Morgan fingerprint density at radius 3 is 2.45 bits per heavy atom. The number of rotatable bonds is 3. The quantitative estimate of drug-likeness (QED) is 0.781. The minimum atomic E-state index is -0.0794. The predicted octanol–water partition coefficient (Wildman–Crippen LogP) is 4.27. The van der Waals surface area contributed by atoms with Crippen LogP contribution in [0.3, 0.4) is 0 Å². The van der Waals surface area contributed by atoms with Crippen LogP contribution in [0.4, 0.5) is 5.13 Å². The molecule has 20 heavy (non-hydrogen) atoms. The molecule has 0 radical (unpaired) electrons. The normalized spacial score (nSPS) is 23.6. The Hall–Kier alpha value is -0.900.